The number of carbonyl (C=O) groups is 2. The van der Waals surface area contributed by atoms with E-state index < -0.39 is 11.7 Å². The summed E-state index contributed by atoms with van der Waals surface area (Å²) in [5.74, 6) is -0.162. The van der Waals surface area contributed by atoms with Gasteiger partial charge in [0.2, 0.25) is 0 Å². The predicted octanol–water partition coefficient (Wildman–Crippen LogP) is 3.57. The Morgan fingerprint density at radius 1 is 1.03 bits per heavy atom. The van der Waals surface area contributed by atoms with Crippen LogP contribution in [0, 0.1) is 5.82 Å². The van der Waals surface area contributed by atoms with Gasteiger partial charge >= 0.3 is 0 Å². The number of hydrogen-bond donors (Lipinski definition) is 2. The summed E-state index contributed by atoms with van der Waals surface area (Å²) in [4.78, 5) is 24.6. The number of amides is 2. The van der Waals surface area contributed by atoms with E-state index in [-0.39, 0.29) is 23.8 Å². The summed E-state index contributed by atoms with van der Waals surface area (Å²) >= 11 is 0. The van der Waals surface area contributed by atoms with Crippen molar-refractivity contribution < 1.29 is 18.7 Å². The minimum atomic E-state index is -0.454. The van der Waals surface area contributed by atoms with Gasteiger partial charge in [0.05, 0.1) is 6.20 Å². The number of hydrogen-bond acceptors (Lipinski definition) is 4. The zero-order chi connectivity index (χ0) is 23.2. The van der Waals surface area contributed by atoms with Crippen LogP contribution in [0.15, 0.2) is 79.3 Å². The second-order valence-electron chi connectivity index (χ2n) is 7.06. The number of ether oxygens (including phenoxy) is 1. The molecule has 9 heteroatoms. The van der Waals surface area contributed by atoms with Crippen LogP contribution < -0.4 is 15.4 Å². The Balaban J connectivity index is 1.55. The van der Waals surface area contributed by atoms with Crippen LogP contribution in [0.1, 0.15) is 17.3 Å². The smallest absolute Gasteiger partial charge is 0.261 e. The first kappa shape index (κ1) is 21.8. The Hall–Kier alpha value is -4.40. The lowest BCUT2D eigenvalue weighted by Crippen LogP contribution is -2.28. The Morgan fingerprint density at radius 3 is 2.45 bits per heavy atom. The maximum Gasteiger partial charge on any atom is 0.261 e. The molecule has 0 fully saturated rings. The molecule has 4 aromatic rings. The zero-order valence-electron chi connectivity index (χ0n) is 17.9. The number of halogens is 1. The molecule has 0 unspecified atom stereocenters. The number of anilines is 1. The van der Waals surface area contributed by atoms with Gasteiger partial charge in [0.15, 0.2) is 12.4 Å². The molecule has 0 bridgehead atoms. The highest BCUT2D eigenvalue weighted by Gasteiger charge is 2.21. The Kier molecular flexibility index (Phi) is 6.49. The average Bonchev–Trinajstić information content (AvgIpc) is 3.49. The molecule has 8 nitrogen and oxygen atoms in total. The fourth-order valence-corrected chi connectivity index (χ4v) is 3.26. The molecule has 2 aromatic heterocycles. The standard InChI is InChI=1S/C24H22FN5O3/c1-2-26-22(31)16-33-18-11-9-17(10-12-18)28-23(32)19-15-27-30(21-8-4-3-7-20(21)25)24(19)29-13-5-6-14-29/h3-15H,2,16H2,1H3,(H,26,31)(H,28,32). The first-order valence-electron chi connectivity index (χ1n) is 10.3. The van der Waals surface area contributed by atoms with Crippen LogP contribution in [0.4, 0.5) is 10.1 Å². The number of benzene rings is 2. The fraction of sp³-hybridized carbons (Fsp3) is 0.125. The molecule has 2 heterocycles. The van der Waals surface area contributed by atoms with Gasteiger partial charge in [-0.05, 0) is 55.5 Å². The van der Waals surface area contributed by atoms with E-state index in [4.69, 9.17) is 4.74 Å². The average molecular weight is 447 g/mol. The van der Waals surface area contributed by atoms with Crippen LogP contribution in [-0.2, 0) is 4.79 Å². The lowest BCUT2D eigenvalue weighted by atomic mass is 10.2. The van der Waals surface area contributed by atoms with E-state index in [1.165, 1.54) is 16.9 Å². The molecule has 0 saturated heterocycles. The summed E-state index contributed by atoms with van der Waals surface area (Å²) in [7, 11) is 0. The second kappa shape index (κ2) is 9.82. The summed E-state index contributed by atoms with van der Waals surface area (Å²) in [6.45, 7) is 2.28. The van der Waals surface area contributed by atoms with Gasteiger partial charge in [-0.2, -0.15) is 5.10 Å². The van der Waals surface area contributed by atoms with Crippen LogP contribution in [0.3, 0.4) is 0 Å². The minimum absolute atomic E-state index is 0.0883. The molecule has 0 radical (unpaired) electrons. The maximum atomic E-state index is 14.4. The highest BCUT2D eigenvalue weighted by Crippen LogP contribution is 2.23. The fourth-order valence-electron chi connectivity index (χ4n) is 3.26. The summed E-state index contributed by atoms with van der Waals surface area (Å²) in [6.07, 6.45) is 4.92. The Morgan fingerprint density at radius 2 is 1.76 bits per heavy atom. The highest BCUT2D eigenvalue weighted by atomic mass is 19.1. The van der Waals surface area contributed by atoms with Crippen molar-refractivity contribution in [1.82, 2.24) is 19.7 Å². The Labute approximate surface area is 189 Å². The molecule has 2 amide bonds. The van der Waals surface area contributed by atoms with E-state index in [2.05, 4.69) is 15.7 Å². The van der Waals surface area contributed by atoms with Crippen molar-refractivity contribution in [2.75, 3.05) is 18.5 Å². The van der Waals surface area contributed by atoms with Crippen LogP contribution in [0.5, 0.6) is 5.75 Å². The summed E-state index contributed by atoms with van der Waals surface area (Å²) < 4.78 is 23.0. The van der Waals surface area contributed by atoms with Crippen molar-refractivity contribution in [3.63, 3.8) is 0 Å². The van der Waals surface area contributed by atoms with Crippen molar-refractivity contribution in [2.24, 2.45) is 0 Å². The SMILES string of the molecule is CCNC(=O)COc1ccc(NC(=O)c2cnn(-c3ccccc3F)c2-n2cccc2)cc1. The molecule has 2 aromatic carbocycles. The van der Waals surface area contributed by atoms with E-state index in [1.807, 2.05) is 6.92 Å². The highest BCUT2D eigenvalue weighted by molar-refractivity contribution is 6.06. The summed E-state index contributed by atoms with van der Waals surface area (Å²) in [5, 5.41) is 9.74. The van der Waals surface area contributed by atoms with Crippen molar-refractivity contribution in [1.29, 1.82) is 0 Å². The molecule has 0 spiro atoms. The number of carbonyl (C=O) groups excluding carboxylic acids is 2. The van der Waals surface area contributed by atoms with Crippen LogP contribution in [-0.4, -0.2) is 39.3 Å². The molecule has 168 valence electrons. The van der Waals surface area contributed by atoms with Crippen molar-refractivity contribution in [3.8, 4) is 17.3 Å². The molecule has 0 aliphatic carbocycles. The zero-order valence-corrected chi connectivity index (χ0v) is 17.9. The van der Waals surface area contributed by atoms with Crippen LogP contribution >= 0.6 is 0 Å². The minimum Gasteiger partial charge on any atom is -0.484 e. The lowest BCUT2D eigenvalue weighted by molar-refractivity contribution is -0.122. The topological polar surface area (TPSA) is 90.2 Å². The van der Waals surface area contributed by atoms with Gasteiger partial charge in [-0.15, -0.1) is 0 Å². The monoisotopic (exact) mass is 447 g/mol. The first-order valence-corrected chi connectivity index (χ1v) is 10.3. The van der Waals surface area contributed by atoms with Gasteiger partial charge in [-0.3, -0.25) is 9.59 Å². The molecular formula is C24H22FN5O3. The van der Waals surface area contributed by atoms with E-state index in [0.29, 0.717) is 23.8 Å². The normalized spacial score (nSPS) is 10.6. The van der Waals surface area contributed by atoms with Gasteiger partial charge < -0.3 is 19.9 Å². The van der Waals surface area contributed by atoms with E-state index in [9.17, 15) is 14.0 Å². The largest absolute Gasteiger partial charge is 0.484 e. The predicted molar refractivity (Wildman–Crippen MR) is 121 cm³/mol. The maximum absolute atomic E-state index is 14.4. The van der Waals surface area contributed by atoms with Gasteiger partial charge in [-0.1, -0.05) is 12.1 Å². The molecular weight excluding hydrogens is 425 g/mol. The number of nitrogens with zero attached hydrogens (tertiary/aromatic N) is 3. The number of para-hydroxylation sites is 1. The van der Waals surface area contributed by atoms with Gasteiger partial charge in [0.25, 0.3) is 11.8 Å². The van der Waals surface area contributed by atoms with Crippen molar-refractivity contribution in [2.45, 2.75) is 6.92 Å². The third-order valence-corrected chi connectivity index (χ3v) is 4.77. The molecule has 0 aliphatic heterocycles. The first-order chi connectivity index (χ1) is 16.1. The van der Waals surface area contributed by atoms with Gasteiger partial charge in [-0.25, -0.2) is 9.07 Å². The lowest BCUT2D eigenvalue weighted by Gasteiger charge is -2.12. The third kappa shape index (κ3) is 4.93. The van der Waals surface area contributed by atoms with E-state index >= 15 is 0 Å². The second-order valence-corrected chi connectivity index (χ2v) is 7.06. The number of rotatable bonds is 8. The van der Waals surface area contributed by atoms with Gasteiger partial charge in [0, 0.05) is 24.6 Å². The van der Waals surface area contributed by atoms with Crippen LogP contribution in [0.2, 0.25) is 0 Å². The molecule has 33 heavy (non-hydrogen) atoms. The molecule has 0 saturated carbocycles. The van der Waals surface area contributed by atoms with Crippen molar-refractivity contribution >= 4 is 17.5 Å². The number of likely N-dealkylation sites (N-methyl/N-ethyl adjacent to an activating group) is 1. The Bertz CT molecular complexity index is 1250. The molecule has 0 atom stereocenters. The molecule has 4 rings (SSSR count). The number of aromatic nitrogens is 3. The quantitative estimate of drug-likeness (QED) is 0.432. The molecule has 0 aliphatic rings. The third-order valence-electron chi connectivity index (χ3n) is 4.77. The summed E-state index contributed by atoms with van der Waals surface area (Å²) in [6, 6.07) is 16.5. The number of nitrogens with one attached hydrogen (secondary N) is 2. The van der Waals surface area contributed by atoms with Gasteiger partial charge in [0.1, 0.15) is 22.8 Å². The molecule has 2 N–H and O–H groups in total. The van der Waals surface area contributed by atoms with Crippen molar-refractivity contribution in [3.05, 3.63) is 90.6 Å². The van der Waals surface area contributed by atoms with Crippen LogP contribution in [0.25, 0.3) is 11.5 Å². The summed E-state index contributed by atoms with van der Waals surface area (Å²) in [5.41, 5.74) is 1.03. The van der Waals surface area contributed by atoms with E-state index in [1.54, 1.807) is 71.6 Å². The van der Waals surface area contributed by atoms with E-state index in [0.717, 1.165) is 0 Å².